The fraction of sp³-hybridized carbons (Fsp3) is 0.571. The summed E-state index contributed by atoms with van der Waals surface area (Å²) in [6.07, 6.45) is 0.861. The number of carbonyl (C=O) groups is 3. The molecule has 1 aromatic heterocycles. The highest BCUT2D eigenvalue weighted by atomic mass is 16.6. The van der Waals surface area contributed by atoms with E-state index in [4.69, 9.17) is 4.74 Å². The van der Waals surface area contributed by atoms with Gasteiger partial charge in [-0.1, -0.05) is 0 Å². The lowest BCUT2D eigenvalue weighted by molar-refractivity contribution is -0.124. The summed E-state index contributed by atoms with van der Waals surface area (Å²) >= 11 is 0. The second kappa shape index (κ2) is 5.90. The van der Waals surface area contributed by atoms with E-state index in [0.29, 0.717) is 12.2 Å². The topological polar surface area (TPSA) is 114 Å². The summed E-state index contributed by atoms with van der Waals surface area (Å²) in [4.78, 5) is 35.8. The van der Waals surface area contributed by atoms with E-state index in [0.717, 1.165) is 0 Å². The van der Waals surface area contributed by atoms with Crippen LogP contribution >= 0.6 is 0 Å². The Bertz CT molecular complexity index is 633. The van der Waals surface area contributed by atoms with Crippen LogP contribution < -0.4 is 16.0 Å². The van der Waals surface area contributed by atoms with Crippen LogP contribution in [0, 0.1) is 0 Å². The number of hydrogen-bond acceptors (Lipinski definition) is 5. The van der Waals surface area contributed by atoms with Crippen molar-refractivity contribution in [2.24, 2.45) is 0 Å². The minimum Gasteiger partial charge on any atom is -0.444 e. The Labute approximate surface area is 133 Å². The predicted molar refractivity (Wildman–Crippen MR) is 80.5 cm³/mol. The number of imide groups is 1. The molecule has 2 heterocycles. The molecule has 1 aliphatic heterocycles. The van der Waals surface area contributed by atoms with E-state index in [-0.39, 0.29) is 6.54 Å². The molecule has 4 amide bonds. The fourth-order valence-electron chi connectivity index (χ4n) is 2.35. The average molecular weight is 323 g/mol. The summed E-state index contributed by atoms with van der Waals surface area (Å²) in [6, 6.07) is 1.01. The van der Waals surface area contributed by atoms with Gasteiger partial charge in [0.2, 0.25) is 0 Å². The summed E-state index contributed by atoms with van der Waals surface area (Å²) in [5.74, 6) is -0.547. The molecule has 0 radical (unpaired) electrons. The van der Waals surface area contributed by atoms with Crippen LogP contribution in [0.2, 0.25) is 0 Å². The quantitative estimate of drug-likeness (QED) is 0.697. The molecular formula is C14H21N5O4. The molecule has 126 valence electrons. The number of aromatic nitrogens is 2. The Morgan fingerprint density at radius 1 is 1.43 bits per heavy atom. The first-order valence-electron chi connectivity index (χ1n) is 7.30. The van der Waals surface area contributed by atoms with Gasteiger partial charge in [-0.15, -0.1) is 0 Å². The van der Waals surface area contributed by atoms with E-state index < -0.39 is 29.2 Å². The molecule has 2 rings (SSSR count). The van der Waals surface area contributed by atoms with Crippen molar-refractivity contribution in [1.29, 1.82) is 0 Å². The van der Waals surface area contributed by atoms with Crippen LogP contribution in [0.4, 0.5) is 9.59 Å². The van der Waals surface area contributed by atoms with Crippen molar-refractivity contribution in [3.63, 3.8) is 0 Å². The van der Waals surface area contributed by atoms with Gasteiger partial charge in [0.25, 0.3) is 5.91 Å². The lowest BCUT2D eigenvalue weighted by Crippen LogP contribution is -2.54. The number of carbonyl (C=O) groups excluding carboxylic acids is 3. The Morgan fingerprint density at radius 2 is 2.13 bits per heavy atom. The number of alkyl carbamates (subject to hydrolysis) is 1. The molecule has 1 fully saturated rings. The van der Waals surface area contributed by atoms with Gasteiger partial charge >= 0.3 is 12.1 Å². The lowest BCUT2D eigenvalue weighted by atomic mass is 9.95. The summed E-state index contributed by atoms with van der Waals surface area (Å²) in [5.41, 5.74) is -1.59. The van der Waals surface area contributed by atoms with Crippen LogP contribution in [0.15, 0.2) is 12.3 Å². The van der Waals surface area contributed by atoms with Crippen molar-refractivity contribution in [3.05, 3.63) is 18.0 Å². The van der Waals surface area contributed by atoms with Crippen LogP contribution in [-0.4, -0.2) is 40.0 Å². The summed E-state index contributed by atoms with van der Waals surface area (Å²) in [5, 5.41) is 11.4. The van der Waals surface area contributed by atoms with Crippen LogP contribution in [0.3, 0.4) is 0 Å². The molecule has 1 aliphatic rings. The van der Waals surface area contributed by atoms with Crippen molar-refractivity contribution in [3.8, 4) is 0 Å². The molecule has 0 bridgehead atoms. The zero-order valence-electron chi connectivity index (χ0n) is 13.6. The number of aryl methyl sites for hydroxylation is 1. The molecule has 1 aromatic rings. The number of ether oxygens (including phenoxy) is 1. The van der Waals surface area contributed by atoms with Gasteiger partial charge in [0, 0.05) is 12.7 Å². The summed E-state index contributed by atoms with van der Waals surface area (Å²) in [6.45, 7) is 7.43. The molecule has 0 aliphatic carbocycles. The minimum absolute atomic E-state index is 0.148. The van der Waals surface area contributed by atoms with Gasteiger partial charge in [-0.3, -0.25) is 14.8 Å². The van der Waals surface area contributed by atoms with Crippen molar-refractivity contribution < 1.29 is 19.1 Å². The molecule has 0 unspecified atom stereocenters. The number of rotatable bonds is 4. The second-order valence-corrected chi connectivity index (χ2v) is 6.20. The molecule has 23 heavy (non-hydrogen) atoms. The maximum atomic E-state index is 12.3. The third kappa shape index (κ3) is 3.43. The SMILES string of the molecule is CCn1nccc1[C@@]1(CNC(=O)OC(C)(C)C)NC(=O)NC1=O. The molecule has 1 atom stereocenters. The molecule has 0 spiro atoms. The van der Waals surface area contributed by atoms with Gasteiger partial charge in [0.05, 0.1) is 12.2 Å². The summed E-state index contributed by atoms with van der Waals surface area (Å²) in [7, 11) is 0. The van der Waals surface area contributed by atoms with Crippen LogP contribution in [-0.2, 0) is 21.6 Å². The van der Waals surface area contributed by atoms with Crippen LogP contribution in [0.25, 0.3) is 0 Å². The number of nitrogens with one attached hydrogen (secondary N) is 3. The minimum atomic E-state index is -1.42. The van der Waals surface area contributed by atoms with E-state index in [1.807, 2.05) is 6.92 Å². The highest BCUT2D eigenvalue weighted by Gasteiger charge is 2.50. The van der Waals surface area contributed by atoms with E-state index in [1.54, 1.807) is 31.5 Å². The van der Waals surface area contributed by atoms with Gasteiger partial charge in [-0.25, -0.2) is 9.59 Å². The van der Waals surface area contributed by atoms with Gasteiger partial charge < -0.3 is 15.4 Å². The Hall–Kier alpha value is -2.58. The third-order valence-corrected chi connectivity index (χ3v) is 3.29. The Morgan fingerprint density at radius 3 is 2.65 bits per heavy atom. The van der Waals surface area contributed by atoms with Gasteiger partial charge in [0.1, 0.15) is 5.60 Å². The zero-order chi connectivity index (χ0) is 17.3. The first kappa shape index (κ1) is 16.8. The number of hydrogen-bond donors (Lipinski definition) is 3. The van der Waals surface area contributed by atoms with E-state index in [2.05, 4.69) is 21.0 Å². The number of nitrogens with zero attached hydrogens (tertiary/aromatic N) is 2. The first-order valence-corrected chi connectivity index (χ1v) is 7.30. The predicted octanol–water partition coefficient (Wildman–Crippen LogP) is 0.462. The maximum Gasteiger partial charge on any atom is 0.407 e. The van der Waals surface area contributed by atoms with Crippen LogP contribution in [0.1, 0.15) is 33.4 Å². The van der Waals surface area contributed by atoms with Gasteiger partial charge in [-0.2, -0.15) is 5.10 Å². The van der Waals surface area contributed by atoms with Crippen molar-refractivity contribution in [2.75, 3.05) is 6.54 Å². The van der Waals surface area contributed by atoms with Crippen LogP contribution in [0.5, 0.6) is 0 Å². The lowest BCUT2D eigenvalue weighted by Gasteiger charge is -2.28. The molecular weight excluding hydrogens is 302 g/mol. The highest BCUT2D eigenvalue weighted by Crippen LogP contribution is 2.24. The second-order valence-electron chi connectivity index (χ2n) is 6.20. The largest absolute Gasteiger partial charge is 0.444 e. The van der Waals surface area contributed by atoms with Gasteiger partial charge in [0.15, 0.2) is 5.54 Å². The first-order chi connectivity index (χ1) is 10.7. The molecule has 9 heteroatoms. The fourth-order valence-corrected chi connectivity index (χ4v) is 2.35. The smallest absolute Gasteiger partial charge is 0.407 e. The van der Waals surface area contributed by atoms with Gasteiger partial charge in [-0.05, 0) is 33.8 Å². The van der Waals surface area contributed by atoms with Crippen molar-refractivity contribution >= 4 is 18.0 Å². The molecule has 9 nitrogen and oxygen atoms in total. The Kier molecular flexibility index (Phi) is 4.31. The van der Waals surface area contributed by atoms with E-state index >= 15 is 0 Å². The summed E-state index contributed by atoms with van der Waals surface area (Å²) < 4.78 is 6.75. The number of urea groups is 1. The molecule has 3 N–H and O–H groups in total. The molecule has 1 saturated heterocycles. The zero-order valence-corrected chi connectivity index (χ0v) is 13.6. The number of amides is 4. The normalized spacial score (nSPS) is 20.9. The average Bonchev–Trinajstić information content (AvgIpc) is 2.99. The van der Waals surface area contributed by atoms with E-state index in [9.17, 15) is 14.4 Å². The third-order valence-electron chi connectivity index (χ3n) is 3.29. The van der Waals surface area contributed by atoms with E-state index in [1.165, 1.54) is 6.20 Å². The van der Waals surface area contributed by atoms with Crippen molar-refractivity contribution in [2.45, 2.75) is 45.4 Å². The molecule has 0 saturated carbocycles. The Balaban J connectivity index is 2.25. The van der Waals surface area contributed by atoms with Crippen molar-refractivity contribution in [1.82, 2.24) is 25.7 Å². The highest BCUT2D eigenvalue weighted by molar-refractivity contribution is 6.07. The maximum absolute atomic E-state index is 12.3. The standard InChI is InChI=1S/C14H21N5O4/c1-5-19-9(6-7-16-19)14(10(20)17-11(21)18-14)8-15-12(22)23-13(2,3)4/h6-7H,5,8H2,1-4H3,(H,15,22)(H2,17,18,20,21)/t14-/m1/s1. The monoisotopic (exact) mass is 323 g/mol. The molecule has 0 aromatic carbocycles.